The van der Waals surface area contributed by atoms with Crippen molar-refractivity contribution in [1.29, 1.82) is 0 Å². The molecule has 2 aliphatic rings. The lowest BCUT2D eigenvalue weighted by molar-refractivity contribution is 0.257. The fourth-order valence-electron chi connectivity index (χ4n) is 3.77. The van der Waals surface area contributed by atoms with Crippen LogP contribution in [-0.4, -0.2) is 23.0 Å². The summed E-state index contributed by atoms with van der Waals surface area (Å²) in [5.74, 6) is 2.56. The Balaban J connectivity index is 1.81. The third-order valence-electron chi connectivity index (χ3n) is 4.76. The first-order valence-corrected chi connectivity index (χ1v) is 8.97. The molecule has 19 heavy (non-hydrogen) atoms. The van der Waals surface area contributed by atoms with E-state index < -0.39 is 0 Å². The van der Waals surface area contributed by atoms with Gasteiger partial charge >= 0.3 is 0 Å². The highest BCUT2D eigenvalue weighted by molar-refractivity contribution is 8.14. The molecule has 2 nitrogen and oxygen atoms in total. The summed E-state index contributed by atoms with van der Waals surface area (Å²) < 4.78 is 0. The van der Waals surface area contributed by atoms with Crippen LogP contribution in [0, 0.1) is 17.8 Å². The van der Waals surface area contributed by atoms with E-state index >= 15 is 0 Å². The van der Waals surface area contributed by atoms with Crippen LogP contribution in [0.5, 0.6) is 0 Å². The van der Waals surface area contributed by atoms with Gasteiger partial charge in [-0.3, -0.25) is 4.99 Å². The van der Waals surface area contributed by atoms with E-state index in [-0.39, 0.29) is 0 Å². The van der Waals surface area contributed by atoms with Gasteiger partial charge in [-0.05, 0) is 37.0 Å². The van der Waals surface area contributed by atoms with Crippen LogP contribution in [0.4, 0.5) is 0 Å². The Kier molecular flexibility index (Phi) is 5.61. The number of rotatable bonds is 4. The highest BCUT2D eigenvalue weighted by atomic mass is 32.2. The first kappa shape index (κ1) is 15.2. The van der Waals surface area contributed by atoms with Gasteiger partial charge in [0.2, 0.25) is 0 Å². The molecule has 0 radical (unpaired) electrons. The lowest BCUT2D eigenvalue weighted by Gasteiger charge is -2.32. The molecule has 110 valence electrons. The molecular weight excluding hydrogens is 252 g/mol. The summed E-state index contributed by atoms with van der Waals surface area (Å²) in [7, 11) is 0. The first-order valence-electron chi connectivity index (χ1n) is 8.09. The molecule has 1 fully saturated rings. The van der Waals surface area contributed by atoms with Crippen molar-refractivity contribution in [2.45, 2.75) is 71.1 Å². The Bertz CT molecular complexity index is 302. The smallest absolute Gasteiger partial charge is 0.157 e. The van der Waals surface area contributed by atoms with E-state index in [1.165, 1.54) is 37.3 Å². The van der Waals surface area contributed by atoms with Gasteiger partial charge in [0, 0.05) is 11.3 Å². The van der Waals surface area contributed by atoms with Crippen LogP contribution < -0.4 is 5.32 Å². The zero-order valence-electron chi connectivity index (χ0n) is 13.0. The van der Waals surface area contributed by atoms with Crippen molar-refractivity contribution in [1.82, 2.24) is 5.32 Å². The molecule has 1 aliphatic heterocycles. The molecule has 3 unspecified atom stereocenters. The second-order valence-corrected chi connectivity index (χ2v) is 7.87. The van der Waals surface area contributed by atoms with E-state index in [2.05, 4.69) is 33.0 Å². The lowest BCUT2D eigenvalue weighted by atomic mass is 9.80. The second-order valence-electron chi connectivity index (χ2n) is 6.64. The summed E-state index contributed by atoms with van der Waals surface area (Å²) in [6.45, 7) is 10.4. The zero-order valence-corrected chi connectivity index (χ0v) is 13.8. The SMILES string of the molecule is CCC(CC)C1CN=C(NC2CC(C)CC(C)C2)S1. The maximum Gasteiger partial charge on any atom is 0.157 e. The van der Waals surface area contributed by atoms with Crippen LogP contribution in [0.3, 0.4) is 0 Å². The second kappa shape index (κ2) is 7.01. The maximum atomic E-state index is 4.75. The number of thioether (sulfide) groups is 1. The summed E-state index contributed by atoms with van der Waals surface area (Å²) in [6, 6.07) is 0.658. The maximum absolute atomic E-state index is 4.75. The number of hydrogen-bond acceptors (Lipinski definition) is 3. The highest BCUT2D eigenvalue weighted by Crippen LogP contribution is 2.33. The van der Waals surface area contributed by atoms with Crippen molar-refractivity contribution in [2.24, 2.45) is 22.7 Å². The number of aliphatic imine (C=N–C) groups is 1. The van der Waals surface area contributed by atoms with Gasteiger partial charge in [0.1, 0.15) is 0 Å². The van der Waals surface area contributed by atoms with Crippen molar-refractivity contribution in [3.05, 3.63) is 0 Å². The van der Waals surface area contributed by atoms with Gasteiger partial charge in [-0.1, -0.05) is 52.3 Å². The normalized spacial score (nSPS) is 35.5. The Morgan fingerprint density at radius 2 is 1.79 bits per heavy atom. The Morgan fingerprint density at radius 1 is 1.16 bits per heavy atom. The van der Waals surface area contributed by atoms with E-state index in [0.717, 1.165) is 29.5 Å². The molecule has 0 bridgehead atoms. The Hall–Kier alpha value is -0.180. The van der Waals surface area contributed by atoms with E-state index in [9.17, 15) is 0 Å². The van der Waals surface area contributed by atoms with Crippen LogP contribution in [0.1, 0.15) is 59.8 Å². The van der Waals surface area contributed by atoms with Crippen molar-refractivity contribution >= 4 is 16.9 Å². The van der Waals surface area contributed by atoms with Crippen molar-refractivity contribution in [3.8, 4) is 0 Å². The molecule has 1 N–H and O–H groups in total. The standard InChI is InChI=1S/C16H30N2S/c1-5-13(6-2)15-10-17-16(19-15)18-14-8-11(3)7-12(4)9-14/h11-15H,5-10H2,1-4H3,(H,17,18). The predicted octanol–water partition coefficient (Wildman–Crippen LogP) is 4.31. The van der Waals surface area contributed by atoms with E-state index in [0.29, 0.717) is 6.04 Å². The molecule has 1 aliphatic carbocycles. The van der Waals surface area contributed by atoms with Gasteiger partial charge < -0.3 is 5.32 Å². The average molecular weight is 282 g/mol. The van der Waals surface area contributed by atoms with Crippen molar-refractivity contribution in [2.75, 3.05) is 6.54 Å². The average Bonchev–Trinajstić information content (AvgIpc) is 2.78. The minimum absolute atomic E-state index is 0.658. The topological polar surface area (TPSA) is 24.4 Å². The number of amidine groups is 1. The zero-order chi connectivity index (χ0) is 13.8. The minimum atomic E-state index is 0.658. The minimum Gasteiger partial charge on any atom is -0.362 e. The molecular formula is C16H30N2S. The Morgan fingerprint density at radius 3 is 2.37 bits per heavy atom. The van der Waals surface area contributed by atoms with Crippen molar-refractivity contribution in [3.63, 3.8) is 0 Å². The Labute approximate surface area is 123 Å². The van der Waals surface area contributed by atoms with E-state index in [4.69, 9.17) is 4.99 Å². The molecule has 0 spiro atoms. The number of nitrogens with one attached hydrogen (secondary N) is 1. The molecule has 3 atom stereocenters. The summed E-state index contributed by atoms with van der Waals surface area (Å²) in [4.78, 5) is 4.75. The fourth-order valence-corrected chi connectivity index (χ4v) is 5.17. The van der Waals surface area contributed by atoms with Gasteiger partial charge in [0.15, 0.2) is 5.17 Å². The van der Waals surface area contributed by atoms with Gasteiger partial charge in [-0.25, -0.2) is 0 Å². The first-order chi connectivity index (χ1) is 9.12. The molecule has 0 aromatic rings. The lowest BCUT2D eigenvalue weighted by Crippen LogP contribution is -2.38. The molecule has 0 aromatic heterocycles. The summed E-state index contributed by atoms with van der Waals surface area (Å²) in [6.07, 6.45) is 6.61. The third kappa shape index (κ3) is 4.14. The van der Waals surface area contributed by atoms with E-state index in [1.807, 2.05) is 11.8 Å². The molecule has 0 aromatic carbocycles. The van der Waals surface area contributed by atoms with Crippen LogP contribution in [0.2, 0.25) is 0 Å². The molecule has 1 heterocycles. The summed E-state index contributed by atoms with van der Waals surface area (Å²) >= 11 is 2.00. The van der Waals surface area contributed by atoms with E-state index in [1.54, 1.807) is 0 Å². The van der Waals surface area contributed by atoms with Gasteiger partial charge in [0.05, 0.1) is 6.54 Å². The molecule has 0 saturated heterocycles. The predicted molar refractivity (Wildman–Crippen MR) is 86.9 cm³/mol. The fraction of sp³-hybridized carbons (Fsp3) is 0.938. The summed E-state index contributed by atoms with van der Waals surface area (Å²) in [5.41, 5.74) is 0. The molecule has 1 saturated carbocycles. The van der Waals surface area contributed by atoms with Gasteiger partial charge in [0.25, 0.3) is 0 Å². The van der Waals surface area contributed by atoms with Crippen molar-refractivity contribution < 1.29 is 0 Å². The van der Waals surface area contributed by atoms with Gasteiger partial charge in [-0.2, -0.15) is 0 Å². The van der Waals surface area contributed by atoms with Crippen LogP contribution >= 0.6 is 11.8 Å². The van der Waals surface area contributed by atoms with Gasteiger partial charge in [-0.15, -0.1) is 0 Å². The molecule has 2 rings (SSSR count). The van der Waals surface area contributed by atoms with Crippen LogP contribution in [-0.2, 0) is 0 Å². The summed E-state index contributed by atoms with van der Waals surface area (Å²) in [5, 5.41) is 5.67. The quantitative estimate of drug-likeness (QED) is 0.831. The largest absolute Gasteiger partial charge is 0.362 e. The molecule has 3 heteroatoms. The van der Waals surface area contributed by atoms with Crippen LogP contribution in [0.25, 0.3) is 0 Å². The monoisotopic (exact) mass is 282 g/mol. The third-order valence-corrected chi connectivity index (χ3v) is 6.07. The molecule has 0 amide bonds. The highest BCUT2D eigenvalue weighted by Gasteiger charge is 2.29. The number of nitrogens with zero attached hydrogens (tertiary/aromatic N) is 1. The van der Waals surface area contributed by atoms with Crippen LogP contribution in [0.15, 0.2) is 4.99 Å². The number of hydrogen-bond donors (Lipinski definition) is 1.